The second-order valence-electron chi connectivity index (χ2n) is 4.96. The molecule has 17 heavy (non-hydrogen) atoms. The van der Waals surface area contributed by atoms with Crippen LogP contribution < -0.4 is 0 Å². The zero-order valence-corrected chi connectivity index (χ0v) is 11.8. The smallest absolute Gasteiger partial charge is 0.340 e. The van der Waals surface area contributed by atoms with Crippen molar-refractivity contribution in [3.63, 3.8) is 0 Å². The molecule has 0 saturated carbocycles. The van der Waals surface area contributed by atoms with Crippen molar-refractivity contribution in [2.24, 2.45) is 5.92 Å². The van der Waals surface area contributed by atoms with Crippen molar-refractivity contribution in [1.29, 1.82) is 0 Å². The Balaban J connectivity index is 5.03. The third-order valence-electron chi connectivity index (χ3n) is 2.25. The molecule has 0 amide bonds. The van der Waals surface area contributed by atoms with Gasteiger partial charge in [0.15, 0.2) is 5.40 Å². The van der Waals surface area contributed by atoms with Crippen molar-refractivity contribution in [2.75, 3.05) is 0 Å². The summed E-state index contributed by atoms with van der Waals surface area (Å²) in [6.07, 6.45) is -0.441. The van der Waals surface area contributed by atoms with E-state index in [1.807, 2.05) is 0 Å². The summed E-state index contributed by atoms with van der Waals surface area (Å²) < 4.78 is 22.1. The summed E-state index contributed by atoms with van der Waals surface area (Å²) in [7, 11) is -9.92. The molecule has 0 spiro atoms. The fraction of sp³-hybridized carbons (Fsp3) is 1.00. The van der Waals surface area contributed by atoms with Gasteiger partial charge in [0.1, 0.15) is 0 Å². The largest absolute Gasteiger partial charge is 0.390 e. The van der Waals surface area contributed by atoms with E-state index < -0.39 is 32.6 Å². The van der Waals surface area contributed by atoms with Crippen molar-refractivity contribution >= 4 is 15.2 Å². The summed E-state index contributed by atoms with van der Waals surface area (Å²) in [4.78, 5) is 35.7. The van der Waals surface area contributed by atoms with Gasteiger partial charge in [0.05, 0.1) is 5.60 Å². The third kappa shape index (κ3) is 6.67. The highest BCUT2D eigenvalue weighted by Gasteiger charge is 2.46. The molecule has 0 radical (unpaired) electrons. The van der Waals surface area contributed by atoms with E-state index in [2.05, 4.69) is 0 Å². The molecule has 5 N–H and O–H groups in total. The first-order valence-corrected chi connectivity index (χ1v) is 8.45. The van der Waals surface area contributed by atoms with Crippen LogP contribution in [0.15, 0.2) is 0 Å². The molecule has 0 aliphatic rings. The van der Waals surface area contributed by atoms with Gasteiger partial charge in [0, 0.05) is 6.42 Å². The molecule has 0 bridgehead atoms. The van der Waals surface area contributed by atoms with Crippen LogP contribution in [-0.2, 0) is 9.13 Å². The molecule has 1 unspecified atom stereocenters. The second-order valence-corrected chi connectivity index (χ2v) is 8.97. The van der Waals surface area contributed by atoms with Crippen LogP contribution in [0.4, 0.5) is 0 Å². The summed E-state index contributed by atoms with van der Waals surface area (Å²) in [5.74, 6) is 0.0409. The average Bonchev–Trinajstić information content (AvgIpc) is 1.93. The molecule has 7 nitrogen and oxygen atoms in total. The first-order valence-electron chi connectivity index (χ1n) is 5.08. The fourth-order valence-corrected chi connectivity index (χ4v) is 4.62. The van der Waals surface area contributed by atoms with E-state index in [4.69, 9.17) is 19.6 Å². The first kappa shape index (κ1) is 17.3. The summed E-state index contributed by atoms with van der Waals surface area (Å²) in [5.41, 5.74) is -1.53. The van der Waals surface area contributed by atoms with Crippen molar-refractivity contribution in [2.45, 2.75) is 44.6 Å². The maximum absolute atomic E-state index is 11.0. The highest BCUT2D eigenvalue weighted by molar-refractivity contribution is 7.70. The van der Waals surface area contributed by atoms with E-state index >= 15 is 0 Å². The van der Waals surface area contributed by atoms with E-state index in [0.717, 1.165) is 0 Å². The molecular weight excluding hydrogens is 270 g/mol. The lowest BCUT2D eigenvalue weighted by atomic mass is 9.92. The van der Waals surface area contributed by atoms with E-state index in [1.165, 1.54) is 6.92 Å². The molecule has 0 heterocycles. The van der Waals surface area contributed by atoms with Gasteiger partial charge < -0.3 is 24.7 Å². The average molecular weight is 290 g/mol. The molecule has 0 aromatic rings. The first-order chi connectivity index (χ1) is 7.26. The Morgan fingerprint density at radius 1 is 1.00 bits per heavy atom. The van der Waals surface area contributed by atoms with Gasteiger partial charge in [0.2, 0.25) is 0 Å². The maximum atomic E-state index is 11.0. The summed E-state index contributed by atoms with van der Waals surface area (Å²) in [6, 6.07) is 0. The van der Waals surface area contributed by atoms with Gasteiger partial charge in [-0.15, -0.1) is 0 Å². The van der Waals surface area contributed by atoms with Crippen LogP contribution in [0.25, 0.3) is 0 Å². The molecular formula is C8H20O7P2. The van der Waals surface area contributed by atoms with Crippen molar-refractivity contribution in [3.8, 4) is 0 Å². The minimum Gasteiger partial charge on any atom is -0.390 e. The molecule has 0 aliphatic carbocycles. The van der Waals surface area contributed by atoms with Gasteiger partial charge in [0.25, 0.3) is 0 Å². The van der Waals surface area contributed by atoms with Gasteiger partial charge in [-0.05, 0) is 19.3 Å². The van der Waals surface area contributed by atoms with Gasteiger partial charge in [-0.3, -0.25) is 9.13 Å². The molecule has 0 rings (SSSR count). The molecule has 0 saturated heterocycles. The normalized spacial score (nSPS) is 17.5. The Labute approximate surface area is 100 Å². The fourth-order valence-electron chi connectivity index (χ4n) is 1.79. The van der Waals surface area contributed by atoms with Gasteiger partial charge in [-0.25, -0.2) is 0 Å². The number of aliphatic hydroxyl groups is 1. The van der Waals surface area contributed by atoms with Gasteiger partial charge in [-0.2, -0.15) is 0 Å². The van der Waals surface area contributed by atoms with Gasteiger partial charge >= 0.3 is 15.2 Å². The summed E-state index contributed by atoms with van der Waals surface area (Å²) in [6.45, 7) is 4.89. The number of hydrogen-bond donors (Lipinski definition) is 5. The van der Waals surface area contributed by atoms with Crippen LogP contribution in [0, 0.1) is 5.92 Å². The minimum atomic E-state index is -4.96. The highest BCUT2D eigenvalue weighted by Crippen LogP contribution is 2.62. The molecule has 0 aromatic heterocycles. The quantitative estimate of drug-likeness (QED) is 0.457. The highest BCUT2D eigenvalue weighted by atomic mass is 31.2. The summed E-state index contributed by atoms with van der Waals surface area (Å²) in [5, 5.41) is 7.75. The Kier molecular flexibility index (Phi) is 5.57. The van der Waals surface area contributed by atoms with Crippen molar-refractivity contribution in [3.05, 3.63) is 0 Å². The lowest BCUT2D eigenvalue weighted by Crippen LogP contribution is -2.31. The lowest BCUT2D eigenvalue weighted by Gasteiger charge is -2.30. The standard InChI is InChI=1S/C8H20O7P2/c1-6(2)4-8(3,9)5-7(16(10,11)12)17(13,14)15/h6-7,9H,4-5H2,1-3H3,(H2,10,11,12)(H2,13,14,15). The van der Waals surface area contributed by atoms with Crippen LogP contribution >= 0.6 is 15.2 Å². The van der Waals surface area contributed by atoms with E-state index in [0.29, 0.717) is 0 Å². The van der Waals surface area contributed by atoms with E-state index in [1.54, 1.807) is 13.8 Å². The summed E-state index contributed by atoms with van der Waals surface area (Å²) >= 11 is 0. The Bertz CT molecular complexity index is 318. The minimum absolute atomic E-state index is 0.0409. The lowest BCUT2D eigenvalue weighted by molar-refractivity contribution is 0.0302. The Morgan fingerprint density at radius 3 is 1.59 bits per heavy atom. The molecule has 1 atom stereocenters. The van der Waals surface area contributed by atoms with Crippen LogP contribution in [0.3, 0.4) is 0 Å². The van der Waals surface area contributed by atoms with Crippen LogP contribution in [-0.4, -0.2) is 35.7 Å². The third-order valence-corrected chi connectivity index (χ3v) is 5.97. The van der Waals surface area contributed by atoms with E-state index in [-0.39, 0.29) is 12.3 Å². The maximum Gasteiger partial charge on any atom is 0.340 e. The van der Waals surface area contributed by atoms with Crippen LogP contribution in [0.1, 0.15) is 33.6 Å². The number of rotatable bonds is 6. The second kappa shape index (κ2) is 5.49. The van der Waals surface area contributed by atoms with Crippen LogP contribution in [0.2, 0.25) is 0 Å². The Hall–Kier alpha value is 0.260. The predicted molar refractivity (Wildman–Crippen MR) is 62.6 cm³/mol. The topological polar surface area (TPSA) is 135 Å². The van der Waals surface area contributed by atoms with E-state index in [9.17, 15) is 14.2 Å². The number of hydrogen-bond acceptors (Lipinski definition) is 3. The molecule has 9 heteroatoms. The molecule has 0 fully saturated rings. The van der Waals surface area contributed by atoms with Crippen LogP contribution in [0.5, 0.6) is 0 Å². The molecule has 104 valence electrons. The Morgan fingerprint density at radius 2 is 1.35 bits per heavy atom. The SMILES string of the molecule is CC(C)CC(C)(O)CC(P(=O)(O)O)P(=O)(O)O. The molecule has 0 aliphatic heterocycles. The van der Waals surface area contributed by atoms with Crippen molar-refractivity contribution in [1.82, 2.24) is 0 Å². The molecule has 0 aromatic carbocycles. The zero-order valence-electron chi connectivity index (χ0n) is 10.0. The predicted octanol–water partition coefficient (Wildman–Crippen LogP) is 0.855. The van der Waals surface area contributed by atoms with Crippen molar-refractivity contribution < 1.29 is 33.8 Å². The monoisotopic (exact) mass is 290 g/mol. The zero-order chi connectivity index (χ0) is 14.1. The van der Waals surface area contributed by atoms with Gasteiger partial charge in [-0.1, -0.05) is 13.8 Å².